The number of esters is 2. The number of nitrogens with zero attached hydrogens (tertiary/aromatic N) is 1. The summed E-state index contributed by atoms with van der Waals surface area (Å²) in [5.41, 5.74) is 0. The van der Waals surface area contributed by atoms with E-state index in [2.05, 4.69) is 4.18 Å². The Morgan fingerprint density at radius 2 is 1.39 bits per heavy atom. The molecule has 10 nitrogen and oxygen atoms in total. The fourth-order valence-electron chi connectivity index (χ4n) is 1.40. The molecule has 0 aliphatic rings. The molecule has 0 spiro atoms. The SMILES string of the molecule is CC(=O)OCC[N+](C)(CCO)CCOC(C)=O.COS(=O)(=O)[O-]. The van der Waals surface area contributed by atoms with Gasteiger partial charge in [0.2, 0.25) is 10.4 Å². The Morgan fingerprint density at radius 3 is 1.61 bits per heavy atom. The van der Waals surface area contributed by atoms with E-state index in [1.54, 1.807) is 0 Å². The predicted octanol–water partition coefficient (Wildman–Crippen LogP) is -1.36. The van der Waals surface area contributed by atoms with E-state index in [0.29, 0.717) is 37.3 Å². The third-order valence-electron chi connectivity index (χ3n) is 2.72. The van der Waals surface area contributed by atoms with E-state index in [1.165, 1.54) is 13.8 Å². The van der Waals surface area contributed by atoms with E-state index in [1.807, 2.05) is 7.05 Å². The smallest absolute Gasteiger partial charge is 0.302 e. The van der Waals surface area contributed by atoms with Crippen molar-refractivity contribution in [1.29, 1.82) is 0 Å². The molecular formula is C12H25NO9S. The fraction of sp³-hybridized carbons (Fsp3) is 0.833. The van der Waals surface area contributed by atoms with Crippen LogP contribution >= 0.6 is 0 Å². The number of rotatable bonds is 9. The van der Waals surface area contributed by atoms with Crippen molar-refractivity contribution in [3.8, 4) is 0 Å². The first kappa shape index (κ1) is 24.0. The quantitative estimate of drug-likeness (QED) is 0.229. The molecule has 0 aliphatic carbocycles. The van der Waals surface area contributed by atoms with Crippen LogP contribution in [0.25, 0.3) is 0 Å². The maximum atomic E-state index is 10.6. The van der Waals surface area contributed by atoms with E-state index in [9.17, 15) is 22.6 Å². The number of likely N-dealkylation sites (N-methyl/N-ethyl adjacent to an activating group) is 1. The molecule has 1 N–H and O–H groups in total. The van der Waals surface area contributed by atoms with Crippen molar-refractivity contribution in [2.24, 2.45) is 0 Å². The van der Waals surface area contributed by atoms with Crippen molar-refractivity contribution in [3.05, 3.63) is 0 Å². The highest BCUT2D eigenvalue weighted by atomic mass is 32.3. The maximum absolute atomic E-state index is 10.6. The van der Waals surface area contributed by atoms with Crippen molar-refractivity contribution in [1.82, 2.24) is 0 Å². The van der Waals surface area contributed by atoms with Crippen LogP contribution < -0.4 is 0 Å². The van der Waals surface area contributed by atoms with Gasteiger partial charge < -0.3 is 23.6 Å². The first-order chi connectivity index (χ1) is 10.5. The Labute approximate surface area is 136 Å². The van der Waals surface area contributed by atoms with Gasteiger partial charge in [0.05, 0.1) is 20.8 Å². The summed E-state index contributed by atoms with van der Waals surface area (Å²) in [4.78, 5) is 21.3. The minimum Gasteiger partial charge on any atom is -0.726 e. The molecule has 0 saturated carbocycles. The molecule has 11 heteroatoms. The van der Waals surface area contributed by atoms with Gasteiger partial charge in [-0.05, 0) is 0 Å². The van der Waals surface area contributed by atoms with Crippen LogP contribution in [0, 0.1) is 0 Å². The van der Waals surface area contributed by atoms with Crippen LogP contribution in [0.3, 0.4) is 0 Å². The second-order valence-electron chi connectivity index (χ2n) is 4.77. The molecule has 0 aliphatic heterocycles. The highest BCUT2D eigenvalue weighted by molar-refractivity contribution is 7.80. The van der Waals surface area contributed by atoms with Crippen LogP contribution in [0.15, 0.2) is 0 Å². The second-order valence-corrected chi connectivity index (χ2v) is 5.92. The van der Waals surface area contributed by atoms with Crippen LogP contribution in [-0.2, 0) is 33.6 Å². The minimum absolute atomic E-state index is 0.0383. The highest BCUT2D eigenvalue weighted by Gasteiger charge is 2.21. The van der Waals surface area contributed by atoms with Gasteiger partial charge in [0, 0.05) is 13.8 Å². The molecule has 23 heavy (non-hydrogen) atoms. The summed E-state index contributed by atoms with van der Waals surface area (Å²) in [6, 6.07) is 0. The molecule has 0 atom stereocenters. The van der Waals surface area contributed by atoms with Crippen LogP contribution in [0.5, 0.6) is 0 Å². The molecule has 0 radical (unpaired) electrons. The Balaban J connectivity index is 0. The highest BCUT2D eigenvalue weighted by Crippen LogP contribution is 2.02. The van der Waals surface area contributed by atoms with Crippen molar-refractivity contribution in [3.63, 3.8) is 0 Å². The largest absolute Gasteiger partial charge is 0.726 e. The average Bonchev–Trinajstić information content (AvgIpc) is 2.38. The molecule has 138 valence electrons. The number of aliphatic hydroxyl groups is 1. The number of ether oxygens (including phenoxy) is 2. The topological polar surface area (TPSA) is 139 Å². The number of aliphatic hydroxyl groups excluding tert-OH is 1. The predicted molar refractivity (Wildman–Crippen MR) is 77.8 cm³/mol. The van der Waals surface area contributed by atoms with Crippen molar-refractivity contribution >= 4 is 22.3 Å². The first-order valence-electron chi connectivity index (χ1n) is 6.68. The summed E-state index contributed by atoms with van der Waals surface area (Å²) in [6.45, 7) is 5.05. The normalized spacial score (nSPS) is 11.2. The summed E-state index contributed by atoms with van der Waals surface area (Å²) in [6.07, 6.45) is 0. The maximum Gasteiger partial charge on any atom is 0.302 e. The van der Waals surface area contributed by atoms with Gasteiger partial charge in [0.25, 0.3) is 0 Å². The lowest BCUT2D eigenvalue weighted by Gasteiger charge is -2.33. The molecule has 0 aromatic rings. The standard InChI is InChI=1S/C11H22NO5.CH4O4S/c1-10(14)16-8-5-12(3,4-7-13)6-9-17-11(2)15;1-5-6(2,3)4/h13H,4-9H2,1-3H3;1H3,(H,2,3,4)/q+1;/p-1. The Morgan fingerprint density at radius 1 is 1.04 bits per heavy atom. The lowest BCUT2D eigenvalue weighted by Crippen LogP contribution is -2.50. The van der Waals surface area contributed by atoms with Crippen LogP contribution in [0.4, 0.5) is 0 Å². The van der Waals surface area contributed by atoms with E-state index in [0.717, 1.165) is 7.11 Å². The molecule has 0 bridgehead atoms. The van der Waals surface area contributed by atoms with Gasteiger partial charge in [0.1, 0.15) is 32.8 Å². The lowest BCUT2D eigenvalue weighted by molar-refractivity contribution is -0.910. The van der Waals surface area contributed by atoms with Gasteiger partial charge in [-0.3, -0.25) is 13.8 Å². The van der Waals surface area contributed by atoms with E-state index >= 15 is 0 Å². The summed E-state index contributed by atoms with van der Waals surface area (Å²) in [5, 5.41) is 8.99. The molecule has 0 amide bonds. The van der Waals surface area contributed by atoms with Gasteiger partial charge in [-0.15, -0.1) is 0 Å². The lowest BCUT2D eigenvalue weighted by atomic mass is 10.3. The molecule has 0 rings (SSSR count). The molecule has 0 saturated heterocycles. The monoisotopic (exact) mass is 359 g/mol. The number of carbonyl (C=O) groups is 2. The Kier molecular flexibility index (Phi) is 12.7. The molecule has 0 aromatic carbocycles. The van der Waals surface area contributed by atoms with Gasteiger partial charge in [0.15, 0.2) is 0 Å². The molecule has 0 heterocycles. The van der Waals surface area contributed by atoms with Gasteiger partial charge in [-0.2, -0.15) is 0 Å². The van der Waals surface area contributed by atoms with Crippen molar-refractivity contribution in [2.45, 2.75) is 13.8 Å². The van der Waals surface area contributed by atoms with Crippen molar-refractivity contribution < 1.29 is 45.8 Å². The van der Waals surface area contributed by atoms with E-state index < -0.39 is 10.4 Å². The molecule has 0 fully saturated rings. The molecule has 0 aromatic heterocycles. The zero-order valence-electron chi connectivity index (χ0n) is 13.8. The van der Waals surface area contributed by atoms with Gasteiger partial charge in [-0.1, -0.05) is 0 Å². The van der Waals surface area contributed by atoms with E-state index in [4.69, 9.17) is 14.6 Å². The number of quaternary nitrogens is 1. The third kappa shape index (κ3) is 18.7. The van der Waals surface area contributed by atoms with Gasteiger partial charge in [-0.25, -0.2) is 8.42 Å². The molecular weight excluding hydrogens is 334 g/mol. The summed E-state index contributed by atoms with van der Waals surface area (Å²) >= 11 is 0. The first-order valence-corrected chi connectivity index (χ1v) is 8.01. The summed E-state index contributed by atoms with van der Waals surface area (Å²) in [5.74, 6) is -0.638. The van der Waals surface area contributed by atoms with Crippen molar-refractivity contribution in [2.75, 3.05) is 53.6 Å². The summed E-state index contributed by atoms with van der Waals surface area (Å²) < 4.78 is 41.3. The number of hydrogen-bond donors (Lipinski definition) is 1. The number of hydrogen-bond acceptors (Lipinski definition) is 9. The molecule has 0 unspecified atom stereocenters. The van der Waals surface area contributed by atoms with Crippen LogP contribution in [-0.4, -0.2) is 88.1 Å². The van der Waals surface area contributed by atoms with Gasteiger partial charge >= 0.3 is 11.9 Å². The van der Waals surface area contributed by atoms with E-state index in [-0.39, 0.29) is 18.5 Å². The Hall–Kier alpha value is -1.27. The Bertz CT molecular complexity index is 429. The number of carbonyl (C=O) groups excluding carboxylic acids is 2. The second kappa shape index (κ2) is 12.2. The minimum atomic E-state index is -4.41. The zero-order chi connectivity index (χ0) is 18.5. The third-order valence-corrected chi connectivity index (χ3v) is 3.13. The zero-order valence-corrected chi connectivity index (χ0v) is 14.6. The van der Waals surface area contributed by atoms with Crippen LogP contribution in [0.1, 0.15) is 13.8 Å². The average molecular weight is 359 g/mol. The fourth-order valence-corrected chi connectivity index (χ4v) is 1.40. The van der Waals surface area contributed by atoms with Crippen LogP contribution in [0.2, 0.25) is 0 Å². The summed E-state index contributed by atoms with van der Waals surface area (Å²) in [7, 11) is -1.68.